The summed E-state index contributed by atoms with van der Waals surface area (Å²) in [5.41, 5.74) is 4.41. The number of H-pyrrole nitrogens is 1. The minimum Gasteiger partial charge on any atom is -0.382 e. The summed E-state index contributed by atoms with van der Waals surface area (Å²) in [7, 11) is 2.16. The molecule has 1 amide bonds. The molecule has 2 aromatic heterocycles. The SMILES string of the molecule is CN1CCC(Nc2ccc(C(=O)Nc3cc(-c4ccc5ncccc5c4)[nH]n3)cc2)CC1. The summed E-state index contributed by atoms with van der Waals surface area (Å²) in [5, 5.41) is 14.8. The number of pyridine rings is 1. The van der Waals surface area contributed by atoms with Gasteiger partial charge in [0.15, 0.2) is 5.82 Å². The topological polar surface area (TPSA) is 85.9 Å². The highest BCUT2D eigenvalue weighted by Gasteiger charge is 2.16. The van der Waals surface area contributed by atoms with Crippen LogP contribution in [0.1, 0.15) is 23.2 Å². The molecule has 7 heteroatoms. The Morgan fingerprint density at radius 2 is 1.88 bits per heavy atom. The molecular formula is C25H26N6O. The molecular weight excluding hydrogens is 400 g/mol. The monoisotopic (exact) mass is 426 g/mol. The van der Waals surface area contributed by atoms with Crippen LogP contribution in [0.5, 0.6) is 0 Å². The molecule has 1 fully saturated rings. The molecule has 7 nitrogen and oxygen atoms in total. The number of fused-ring (bicyclic) bond motifs is 1. The van der Waals surface area contributed by atoms with Gasteiger partial charge in [0.05, 0.1) is 11.2 Å². The third-order valence-electron chi connectivity index (χ3n) is 5.97. The Labute approximate surface area is 186 Å². The Morgan fingerprint density at radius 1 is 1.06 bits per heavy atom. The molecule has 4 aromatic rings. The van der Waals surface area contributed by atoms with Gasteiger partial charge >= 0.3 is 0 Å². The van der Waals surface area contributed by atoms with Crippen molar-refractivity contribution in [1.29, 1.82) is 0 Å². The lowest BCUT2D eigenvalue weighted by atomic mass is 10.0. The van der Waals surface area contributed by atoms with Gasteiger partial charge in [-0.15, -0.1) is 0 Å². The number of piperidine rings is 1. The van der Waals surface area contributed by atoms with Crippen molar-refractivity contribution >= 4 is 28.3 Å². The molecule has 0 aliphatic carbocycles. The van der Waals surface area contributed by atoms with Crippen molar-refractivity contribution in [1.82, 2.24) is 20.1 Å². The lowest BCUT2D eigenvalue weighted by molar-refractivity contribution is 0.102. The smallest absolute Gasteiger partial charge is 0.256 e. The summed E-state index contributed by atoms with van der Waals surface area (Å²) >= 11 is 0. The molecule has 32 heavy (non-hydrogen) atoms. The van der Waals surface area contributed by atoms with E-state index < -0.39 is 0 Å². The number of amides is 1. The molecule has 1 aliphatic heterocycles. The zero-order valence-electron chi connectivity index (χ0n) is 18.0. The summed E-state index contributed by atoms with van der Waals surface area (Å²) in [4.78, 5) is 19.4. The molecule has 162 valence electrons. The van der Waals surface area contributed by atoms with Gasteiger partial charge in [-0.3, -0.25) is 14.9 Å². The highest BCUT2D eigenvalue weighted by Crippen LogP contribution is 2.24. The second-order valence-corrected chi connectivity index (χ2v) is 8.33. The Hall–Kier alpha value is -3.71. The van der Waals surface area contributed by atoms with Crippen LogP contribution in [0.2, 0.25) is 0 Å². The average Bonchev–Trinajstić information content (AvgIpc) is 3.29. The van der Waals surface area contributed by atoms with Gasteiger partial charge in [0.2, 0.25) is 0 Å². The van der Waals surface area contributed by atoms with E-state index >= 15 is 0 Å². The quantitative estimate of drug-likeness (QED) is 0.441. The Morgan fingerprint density at radius 3 is 2.69 bits per heavy atom. The molecule has 0 atom stereocenters. The van der Waals surface area contributed by atoms with Crippen LogP contribution in [0.15, 0.2) is 66.9 Å². The Balaban J connectivity index is 1.22. The van der Waals surface area contributed by atoms with E-state index in [1.54, 1.807) is 6.20 Å². The first kappa shape index (κ1) is 20.2. The molecule has 2 aromatic carbocycles. The van der Waals surface area contributed by atoms with E-state index in [4.69, 9.17) is 0 Å². The van der Waals surface area contributed by atoms with E-state index in [0.29, 0.717) is 17.4 Å². The van der Waals surface area contributed by atoms with E-state index in [1.807, 2.05) is 54.6 Å². The predicted octanol–water partition coefficient (Wildman–Crippen LogP) is 4.38. The fourth-order valence-electron chi connectivity index (χ4n) is 4.07. The molecule has 5 rings (SSSR count). The molecule has 0 spiro atoms. The number of anilines is 2. The fraction of sp³-hybridized carbons (Fsp3) is 0.240. The van der Waals surface area contributed by atoms with Crippen molar-refractivity contribution in [3.05, 3.63) is 72.4 Å². The highest BCUT2D eigenvalue weighted by atomic mass is 16.1. The molecule has 0 unspecified atom stereocenters. The van der Waals surface area contributed by atoms with Gasteiger partial charge in [0.1, 0.15) is 0 Å². The zero-order valence-corrected chi connectivity index (χ0v) is 18.0. The normalized spacial score (nSPS) is 15.0. The number of rotatable bonds is 5. The number of benzene rings is 2. The summed E-state index contributed by atoms with van der Waals surface area (Å²) in [6, 6.07) is 19.9. The first-order valence-electron chi connectivity index (χ1n) is 10.9. The van der Waals surface area contributed by atoms with Crippen molar-refractivity contribution in [3.63, 3.8) is 0 Å². The van der Waals surface area contributed by atoms with Gasteiger partial charge < -0.3 is 15.5 Å². The Bertz CT molecular complexity index is 1220. The van der Waals surface area contributed by atoms with Gasteiger partial charge in [0, 0.05) is 40.5 Å². The van der Waals surface area contributed by atoms with Crippen LogP contribution in [0.25, 0.3) is 22.2 Å². The summed E-state index contributed by atoms with van der Waals surface area (Å²) in [5.74, 6) is 0.307. The molecule has 0 bridgehead atoms. The summed E-state index contributed by atoms with van der Waals surface area (Å²) in [6.07, 6.45) is 4.05. The number of likely N-dealkylation sites (tertiary alicyclic amines) is 1. The van der Waals surface area contributed by atoms with Crippen molar-refractivity contribution in [2.24, 2.45) is 0 Å². The number of nitrogens with zero attached hydrogens (tertiary/aromatic N) is 3. The number of aromatic amines is 1. The third-order valence-corrected chi connectivity index (χ3v) is 5.97. The lowest BCUT2D eigenvalue weighted by Gasteiger charge is -2.30. The van der Waals surface area contributed by atoms with Crippen molar-refractivity contribution in [2.75, 3.05) is 30.8 Å². The standard InChI is InChI=1S/C25H26N6O/c1-31-13-10-21(11-14-31)27-20-7-4-17(5-8-20)25(32)28-24-16-23(29-30-24)19-6-9-22-18(15-19)3-2-12-26-22/h2-9,12,15-16,21,27H,10-11,13-14H2,1H3,(H2,28,29,30,32). The van der Waals surface area contributed by atoms with E-state index in [9.17, 15) is 4.79 Å². The first-order chi connectivity index (χ1) is 15.6. The second kappa shape index (κ2) is 8.80. The number of nitrogens with one attached hydrogen (secondary N) is 3. The van der Waals surface area contributed by atoms with Gasteiger partial charge in [-0.05, 0) is 75.4 Å². The minimum atomic E-state index is -0.184. The maximum atomic E-state index is 12.7. The lowest BCUT2D eigenvalue weighted by Crippen LogP contribution is -2.36. The summed E-state index contributed by atoms with van der Waals surface area (Å²) < 4.78 is 0. The fourth-order valence-corrected chi connectivity index (χ4v) is 4.07. The predicted molar refractivity (Wildman–Crippen MR) is 128 cm³/mol. The molecule has 0 saturated carbocycles. The molecule has 1 aliphatic rings. The summed E-state index contributed by atoms with van der Waals surface area (Å²) in [6.45, 7) is 2.22. The largest absolute Gasteiger partial charge is 0.382 e. The van der Waals surface area contributed by atoms with Gasteiger partial charge in [0.25, 0.3) is 5.91 Å². The number of hydrogen-bond acceptors (Lipinski definition) is 5. The zero-order chi connectivity index (χ0) is 21.9. The third kappa shape index (κ3) is 4.48. The van der Waals surface area contributed by atoms with Crippen molar-refractivity contribution in [3.8, 4) is 11.3 Å². The van der Waals surface area contributed by atoms with E-state index in [1.165, 1.54) is 0 Å². The second-order valence-electron chi connectivity index (χ2n) is 8.33. The average molecular weight is 427 g/mol. The Kier molecular flexibility index (Phi) is 5.56. The van der Waals surface area contributed by atoms with E-state index in [-0.39, 0.29) is 5.91 Å². The maximum Gasteiger partial charge on any atom is 0.256 e. The molecule has 1 saturated heterocycles. The molecule has 3 heterocycles. The number of hydrogen-bond donors (Lipinski definition) is 3. The number of carbonyl (C=O) groups excluding carboxylic acids is 1. The first-order valence-corrected chi connectivity index (χ1v) is 10.9. The van der Waals surface area contributed by atoms with Gasteiger partial charge in [-0.2, -0.15) is 5.10 Å². The number of carbonyl (C=O) groups is 1. The van der Waals surface area contributed by atoms with Crippen LogP contribution >= 0.6 is 0 Å². The number of aromatic nitrogens is 3. The maximum absolute atomic E-state index is 12.7. The molecule has 3 N–H and O–H groups in total. The van der Waals surface area contributed by atoms with Crippen LogP contribution in [0.3, 0.4) is 0 Å². The van der Waals surface area contributed by atoms with Crippen LogP contribution in [-0.4, -0.2) is 52.2 Å². The van der Waals surface area contributed by atoms with Crippen molar-refractivity contribution < 1.29 is 4.79 Å². The van der Waals surface area contributed by atoms with Crippen LogP contribution in [0, 0.1) is 0 Å². The van der Waals surface area contributed by atoms with Crippen molar-refractivity contribution in [2.45, 2.75) is 18.9 Å². The molecule has 0 radical (unpaired) electrons. The van der Waals surface area contributed by atoms with Gasteiger partial charge in [-0.25, -0.2) is 0 Å². The van der Waals surface area contributed by atoms with Crippen LogP contribution < -0.4 is 10.6 Å². The highest BCUT2D eigenvalue weighted by molar-refractivity contribution is 6.04. The van der Waals surface area contributed by atoms with E-state index in [0.717, 1.165) is 53.8 Å². The van der Waals surface area contributed by atoms with E-state index in [2.05, 4.69) is 43.8 Å². The van der Waals surface area contributed by atoms with Gasteiger partial charge in [-0.1, -0.05) is 12.1 Å². The van der Waals surface area contributed by atoms with Crippen LogP contribution in [0.4, 0.5) is 11.5 Å². The minimum absolute atomic E-state index is 0.184. The van der Waals surface area contributed by atoms with Crippen LogP contribution in [-0.2, 0) is 0 Å².